The van der Waals surface area contributed by atoms with Crippen LogP contribution in [0.5, 0.6) is 5.75 Å². The van der Waals surface area contributed by atoms with Gasteiger partial charge >= 0.3 is 0 Å². The van der Waals surface area contributed by atoms with Crippen molar-refractivity contribution in [2.75, 3.05) is 4.90 Å². The summed E-state index contributed by atoms with van der Waals surface area (Å²) in [4.78, 5) is 14.9. The molecule has 0 saturated heterocycles. The SMILES string of the molecule is CCCc1c(C=O)c2cc(-c3ccc(N(c4ccc(O)cc4)c4ccc(-c5ccc6c7c(c8ccccc8c6c5)C(C)CC=C7)cc4)cc3)ccc2n1-c1ccccc1. The van der Waals surface area contributed by atoms with Gasteiger partial charge in [-0.15, -0.1) is 0 Å². The number of hydrogen-bond donors (Lipinski definition) is 1. The van der Waals surface area contributed by atoms with Gasteiger partial charge in [0.2, 0.25) is 0 Å². The van der Waals surface area contributed by atoms with Crippen molar-refractivity contribution in [2.45, 2.75) is 39.0 Å². The van der Waals surface area contributed by atoms with E-state index in [-0.39, 0.29) is 5.75 Å². The lowest BCUT2D eigenvalue weighted by Gasteiger charge is -2.26. The third-order valence-corrected chi connectivity index (χ3v) is 12.1. The van der Waals surface area contributed by atoms with Gasteiger partial charge in [-0.25, -0.2) is 0 Å². The molecule has 0 saturated carbocycles. The number of anilines is 3. The number of phenols is 1. The van der Waals surface area contributed by atoms with E-state index >= 15 is 0 Å². The van der Waals surface area contributed by atoms with Gasteiger partial charge in [-0.1, -0.05) is 117 Å². The second kappa shape index (κ2) is 15.0. The highest BCUT2D eigenvalue weighted by atomic mass is 16.3. The number of rotatable bonds is 9. The number of carbonyl (C=O) groups excluding carboxylic acids is 1. The Hall–Kier alpha value is -7.17. The summed E-state index contributed by atoms with van der Waals surface area (Å²) >= 11 is 0. The Bertz CT molecular complexity index is 3050. The summed E-state index contributed by atoms with van der Waals surface area (Å²) in [6.45, 7) is 4.49. The predicted molar refractivity (Wildman–Crippen MR) is 247 cm³/mol. The maximum Gasteiger partial charge on any atom is 0.152 e. The van der Waals surface area contributed by atoms with Crippen molar-refractivity contribution in [3.63, 3.8) is 0 Å². The first-order valence-electron chi connectivity index (χ1n) is 20.6. The van der Waals surface area contributed by atoms with Crippen LogP contribution in [0.3, 0.4) is 0 Å². The van der Waals surface area contributed by atoms with E-state index < -0.39 is 0 Å². The minimum atomic E-state index is 0.225. The Morgan fingerprint density at radius 3 is 1.85 bits per heavy atom. The van der Waals surface area contributed by atoms with E-state index in [9.17, 15) is 9.90 Å². The van der Waals surface area contributed by atoms with Crippen LogP contribution in [0, 0.1) is 0 Å². The van der Waals surface area contributed by atoms with E-state index in [1.165, 1.54) is 38.2 Å². The zero-order chi connectivity index (χ0) is 40.0. The number of phenolic OH excluding ortho intramolecular Hbond substituents is 1. The number of hydrogen-bond acceptors (Lipinski definition) is 3. The summed E-state index contributed by atoms with van der Waals surface area (Å²) in [7, 11) is 0. The van der Waals surface area contributed by atoms with E-state index in [1.807, 2.05) is 30.3 Å². The van der Waals surface area contributed by atoms with Crippen molar-refractivity contribution in [3.05, 3.63) is 192 Å². The van der Waals surface area contributed by atoms with Gasteiger partial charge in [0, 0.05) is 39.4 Å². The van der Waals surface area contributed by atoms with Crippen LogP contribution in [0.2, 0.25) is 0 Å². The summed E-state index contributed by atoms with van der Waals surface area (Å²) in [5.41, 5.74) is 14.1. The number of aldehydes is 1. The lowest BCUT2D eigenvalue weighted by Crippen LogP contribution is -2.09. The molecule has 1 heterocycles. The first kappa shape index (κ1) is 36.2. The third-order valence-electron chi connectivity index (χ3n) is 12.1. The van der Waals surface area contributed by atoms with Crippen LogP contribution in [0.4, 0.5) is 17.1 Å². The number of aromatic hydroxyl groups is 1. The first-order valence-corrected chi connectivity index (χ1v) is 20.6. The molecule has 1 aliphatic carbocycles. The summed E-state index contributed by atoms with van der Waals surface area (Å²) in [5, 5.41) is 16.4. The lowest BCUT2D eigenvalue weighted by atomic mass is 9.81. The molecular formula is C55H44N2O2. The van der Waals surface area contributed by atoms with E-state index in [2.05, 4.69) is 157 Å². The number of carbonyl (C=O) groups is 1. The molecule has 0 amide bonds. The normalized spacial score (nSPS) is 13.6. The molecule has 1 aliphatic rings. The van der Waals surface area contributed by atoms with Gasteiger partial charge in [-0.3, -0.25) is 4.79 Å². The number of nitrogens with zero attached hydrogens (tertiary/aromatic N) is 2. The highest BCUT2D eigenvalue weighted by Crippen LogP contribution is 2.43. The summed E-state index contributed by atoms with van der Waals surface area (Å²) in [6.07, 6.45) is 8.48. The van der Waals surface area contributed by atoms with E-state index in [1.54, 1.807) is 12.1 Å². The molecule has 8 aromatic carbocycles. The third kappa shape index (κ3) is 6.29. The number of fused-ring (bicyclic) bond motifs is 7. The molecule has 1 unspecified atom stereocenters. The number of para-hydroxylation sites is 1. The van der Waals surface area contributed by atoms with Crippen LogP contribution < -0.4 is 4.90 Å². The van der Waals surface area contributed by atoms with Gasteiger partial charge < -0.3 is 14.6 Å². The van der Waals surface area contributed by atoms with Gasteiger partial charge in [0.05, 0.1) is 5.52 Å². The van der Waals surface area contributed by atoms with Gasteiger partial charge in [0.25, 0.3) is 0 Å². The molecule has 10 rings (SSSR count). The van der Waals surface area contributed by atoms with Crippen LogP contribution in [0.25, 0.3) is 66.5 Å². The Morgan fingerprint density at radius 2 is 1.20 bits per heavy atom. The van der Waals surface area contributed by atoms with Crippen LogP contribution in [-0.2, 0) is 6.42 Å². The molecule has 1 N–H and O–H groups in total. The summed E-state index contributed by atoms with van der Waals surface area (Å²) in [5.74, 6) is 0.713. The van der Waals surface area contributed by atoms with Crippen LogP contribution in [0.1, 0.15) is 59.8 Å². The zero-order valence-electron chi connectivity index (χ0n) is 33.3. The standard InChI is InChI=1S/C55H44N2O2/c1-3-10-53-52(35-58)51-34-40(22-32-54(51)57(53)41-12-5-4-6-13-41)38-19-25-43(26-20-38)56(44-27-29-45(59)30-28-44)42-23-17-37(18-24-42)39-21-31-47-49-16-9-11-36(2)55(49)48-15-8-7-14-46(48)50(47)33-39/h4-9,12-36,59H,3,10-11H2,1-2H3. The van der Waals surface area contributed by atoms with Gasteiger partial charge in [-0.05, 0) is 153 Å². The molecule has 0 radical (unpaired) electrons. The number of benzene rings is 8. The molecule has 4 heteroatoms. The van der Waals surface area contributed by atoms with Crippen molar-refractivity contribution < 1.29 is 9.90 Å². The van der Waals surface area contributed by atoms with Crippen molar-refractivity contribution in [2.24, 2.45) is 0 Å². The van der Waals surface area contributed by atoms with E-state index in [0.717, 1.165) is 87.1 Å². The van der Waals surface area contributed by atoms with Gasteiger partial charge in [0.1, 0.15) is 5.75 Å². The average Bonchev–Trinajstić information content (AvgIpc) is 3.60. The van der Waals surface area contributed by atoms with Crippen molar-refractivity contribution in [1.29, 1.82) is 0 Å². The quantitative estimate of drug-likeness (QED) is 0.118. The lowest BCUT2D eigenvalue weighted by molar-refractivity contribution is 0.112. The van der Waals surface area contributed by atoms with Crippen LogP contribution >= 0.6 is 0 Å². The van der Waals surface area contributed by atoms with Crippen LogP contribution in [0.15, 0.2) is 170 Å². The van der Waals surface area contributed by atoms with E-state index in [0.29, 0.717) is 5.92 Å². The molecule has 9 aromatic rings. The Kier molecular flexibility index (Phi) is 9.18. The maximum atomic E-state index is 12.6. The molecule has 4 nitrogen and oxygen atoms in total. The molecule has 0 bridgehead atoms. The highest BCUT2D eigenvalue weighted by Gasteiger charge is 2.21. The second-order valence-electron chi connectivity index (χ2n) is 15.7. The Morgan fingerprint density at radius 1 is 0.627 bits per heavy atom. The average molecular weight is 765 g/mol. The molecule has 0 aliphatic heterocycles. The van der Waals surface area contributed by atoms with Crippen LogP contribution in [-0.4, -0.2) is 16.0 Å². The molecular weight excluding hydrogens is 721 g/mol. The molecule has 59 heavy (non-hydrogen) atoms. The topological polar surface area (TPSA) is 45.5 Å². The zero-order valence-corrected chi connectivity index (χ0v) is 33.3. The van der Waals surface area contributed by atoms with Crippen molar-refractivity contribution >= 4 is 61.9 Å². The number of aromatic nitrogens is 1. The maximum absolute atomic E-state index is 12.6. The largest absolute Gasteiger partial charge is 0.508 e. The minimum absolute atomic E-state index is 0.225. The fraction of sp³-hybridized carbons (Fsp3) is 0.109. The second-order valence-corrected chi connectivity index (χ2v) is 15.7. The van der Waals surface area contributed by atoms with E-state index in [4.69, 9.17) is 0 Å². The fourth-order valence-electron chi connectivity index (χ4n) is 9.33. The fourth-order valence-corrected chi connectivity index (χ4v) is 9.33. The molecule has 1 aromatic heterocycles. The minimum Gasteiger partial charge on any atom is -0.508 e. The summed E-state index contributed by atoms with van der Waals surface area (Å²) < 4.78 is 2.24. The van der Waals surface area contributed by atoms with Crippen molar-refractivity contribution in [3.8, 4) is 33.7 Å². The molecule has 1 atom stereocenters. The number of allylic oxidation sites excluding steroid dienone is 1. The monoisotopic (exact) mass is 764 g/mol. The highest BCUT2D eigenvalue weighted by molar-refractivity contribution is 6.14. The molecule has 286 valence electrons. The first-order chi connectivity index (χ1) is 29.0. The van der Waals surface area contributed by atoms with Crippen molar-refractivity contribution in [1.82, 2.24) is 4.57 Å². The predicted octanol–water partition coefficient (Wildman–Crippen LogP) is 14.7. The Labute approximate surface area is 344 Å². The van der Waals surface area contributed by atoms with Gasteiger partial charge in [-0.2, -0.15) is 0 Å². The Balaban J connectivity index is 1.01. The summed E-state index contributed by atoms with van der Waals surface area (Å²) in [6, 6.07) is 57.2. The molecule has 0 spiro atoms. The molecule has 0 fully saturated rings. The smallest absolute Gasteiger partial charge is 0.152 e. The van der Waals surface area contributed by atoms with Gasteiger partial charge in [0.15, 0.2) is 6.29 Å².